The third kappa shape index (κ3) is 4.69. The minimum Gasteiger partial charge on any atom is -0.496 e. The van der Waals surface area contributed by atoms with Gasteiger partial charge >= 0.3 is 0 Å². The molecule has 3 aromatic rings. The first-order valence-electron chi connectivity index (χ1n) is 10.6. The number of aryl methyl sites for hydroxylation is 1. The highest BCUT2D eigenvalue weighted by molar-refractivity contribution is 6.09. The summed E-state index contributed by atoms with van der Waals surface area (Å²) in [5, 5.41) is 0.524. The summed E-state index contributed by atoms with van der Waals surface area (Å²) in [6.45, 7) is 5.10. The number of ether oxygens (including phenoxy) is 1. The number of hydrogen-bond acceptors (Lipinski definition) is 5. The molecule has 3 rings (SSSR count). The number of nitrogens with zero attached hydrogens (tertiary/aromatic N) is 4. The molecule has 0 N–H and O–H groups in total. The molecule has 2 heterocycles. The zero-order valence-electron chi connectivity index (χ0n) is 20.0. The second-order valence-electron chi connectivity index (χ2n) is 7.78. The van der Waals surface area contributed by atoms with Gasteiger partial charge in [-0.25, -0.2) is 8.78 Å². The summed E-state index contributed by atoms with van der Waals surface area (Å²) in [5.41, 5.74) is 2.25. The molecule has 0 aliphatic rings. The number of carbonyl (C=O) groups is 1. The highest BCUT2D eigenvalue weighted by atomic mass is 19.1. The number of allylic oxidation sites excluding steroid dienone is 1. The molecule has 176 valence electrons. The number of fused-ring (bicyclic) bond motifs is 1. The Labute approximate surface area is 197 Å². The quantitative estimate of drug-likeness (QED) is 0.468. The zero-order chi connectivity index (χ0) is 25.0. The predicted molar refractivity (Wildman–Crippen MR) is 130 cm³/mol. The zero-order valence-corrected chi connectivity index (χ0v) is 20.0. The second kappa shape index (κ2) is 10.3. The van der Waals surface area contributed by atoms with Gasteiger partial charge in [0.2, 0.25) is 5.91 Å². The van der Waals surface area contributed by atoms with E-state index in [0.717, 1.165) is 17.3 Å². The SMILES string of the molecule is CC#C/C(=C\N(C)C)c1cc2c(N(C(=O)CC)c3c(F)cncc3F)c(C)cnc2cc1OC. The number of anilines is 2. The van der Waals surface area contributed by atoms with Crippen molar-refractivity contribution in [1.82, 2.24) is 14.9 Å². The van der Waals surface area contributed by atoms with Crippen LogP contribution in [0.4, 0.5) is 20.2 Å². The molecule has 1 amide bonds. The lowest BCUT2D eigenvalue weighted by molar-refractivity contribution is -0.117. The Morgan fingerprint density at radius 2 is 1.82 bits per heavy atom. The summed E-state index contributed by atoms with van der Waals surface area (Å²) in [4.78, 5) is 24.1. The maximum atomic E-state index is 14.8. The lowest BCUT2D eigenvalue weighted by atomic mass is 9.99. The Balaban J connectivity index is 2.46. The normalized spacial score (nSPS) is 11.1. The number of pyridine rings is 2. The molecule has 2 aromatic heterocycles. The van der Waals surface area contributed by atoms with Crippen molar-refractivity contribution in [2.24, 2.45) is 0 Å². The highest BCUT2D eigenvalue weighted by Gasteiger charge is 2.28. The van der Waals surface area contributed by atoms with Crippen LogP contribution in [0.15, 0.2) is 36.9 Å². The van der Waals surface area contributed by atoms with Gasteiger partial charge in [0.25, 0.3) is 0 Å². The maximum Gasteiger partial charge on any atom is 0.231 e. The number of rotatable bonds is 6. The maximum absolute atomic E-state index is 14.8. The van der Waals surface area contributed by atoms with Gasteiger partial charge in [0.15, 0.2) is 11.6 Å². The summed E-state index contributed by atoms with van der Waals surface area (Å²) in [6, 6.07) is 3.51. The van der Waals surface area contributed by atoms with Crippen molar-refractivity contribution in [3.05, 3.63) is 59.7 Å². The first kappa shape index (κ1) is 24.6. The van der Waals surface area contributed by atoms with Crippen molar-refractivity contribution in [2.75, 3.05) is 26.1 Å². The molecule has 0 atom stereocenters. The molecule has 34 heavy (non-hydrogen) atoms. The number of amides is 1. The van der Waals surface area contributed by atoms with Gasteiger partial charge in [0.1, 0.15) is 11.4 Å². The lowest BCUT2D eigenvalue weighted by Crippen LogP contribution is -2.28. The number of methoxy groups -OCH3 is 1. The smallest absolute Gasteiger partial charge is 0.231 e. The van der Waals surface area contributed by atoms with Gasteiger partial charge < -0.3 is 9.64 Å². The molecule has 0 bridgehead atoms. The Morgan fingerprint density at radius 1 is 1.15 bits per heavy atom. The molecule has 0 radical (unpaired) electrons. The molecule has 0 spiro atoms. The molecule has 0 saturated heterocycles. The molecule has 0 saturated carbocycles. The fourth-order valence-corrected chi connectivity index (χ4v) is 3.68. The lowest BCUT2D eigenvalue weighted by Gasteiger charge is -2.26. The van der Waals surface area contributed by atoms with E-state index >= 15 is 0 Å². The summed E-state index contributed by atoms with van der Waals surface area (Å²) in [5.74, 6) is 4.15. The van der Waals surface area contributed by atoms with Gasteiger partial charge in [-0.05, 0) is 25.5 Å². The van der Waals surface area contributed by atoms with Crippen molar-refractivity contribution in [3.63, 3.8) is 0 Å². The third-order valence-corrected chi connectivity index (χ3v) is 5.11. The van der Waals surface area contributed by atoms with Gasteiger partial charge in [-0.3, -0.25) is 19.7 Å². The fraction of sp³-hybridized carbons (Fsp3) is 0.269. The Kier molecular flexibility index (Phi) is 7.47. The van der Waals surface area contributed by atoms with Crippen LogP contribution in [0.2, 0.25) is 0 Å². The Morgan fingerprint density at radius 3 is 2.38 bits per heavy atom. The van der Waals surface area contributed by atoms with Gasteiger partial charge in [0, 0.05) is 49.9 Å². The van der Waals surface area contributed by atoms with Gasteiger partial charge in [-0.2, -0.15) is 0 Å². The topological polar surface area (TPSA) is 58.6 Å². The van der Waals surface area contributed by atoms with E-state index in [1.165, 1.54) is 0 Å². The van der Waals surface area contributed by atoms with Crippen LogP contribution in [-0.4, -0.2) is 42.0 Å². The number of aromatic nitrogens is 2. The van der Waals surface area contributed by atoms with E-state index in [4.69, 9.17) is 4.74 Å². The summed E-state index contributed by atoms with van der Waals surface area (Å²) in [6.07, 6.45) is 5.21. The first-order valence-corrected chi connectivity index (χ1v) is 10.6. The number of hydrogen-bond donors (Lipinski definition) is 0. The van der Waals surface area contributed by atoms with Gasteiger partial charge in [-0.15, -0.1) is 5.92 Å². The van der Waals surface area contributed by atoms with E-state index in [-0.39, 0.29) is 6.42 Å². The monoisotopic (exact) mass is 464 g/mol. The fourth-order valence-electron chi connectivity index (χ4n) is 3.68. The van der Waals surface area contributed by atoms with Crippen molar-refractivity contribution in [1.29, 1.82) is 0 Å². The van der Waals surface area contributed by atoms with E-state index in [1.807, 2.05) is 25.2 Å². The second-order valence-corrected chi connectivity index (χ2v) is 7.78. The van der Waals surface area contributed by atoms with Crippen molar-refractivity contribution in [2.45, 2.75) is 27.2 Å². The average Bonchev–Trinajstić information content (AvgIpc) is 2.80. The molecule has 0 aliphatic heterocycles. The van der Waals surface area contributed by atoms with E-state index in [1.54, 1.807) is 46.2 Å². The molecule has 0 fully saturated rings. The molecule has 0 unspecified atom stereocenters. The van der Waals surface area contributed by atoms with E-state index in [9.17, 15) is 13.6 Å². The minimum atomic E-state index is -0.940. The predicted octanol–water partition coefficient (Wildman–Crippen LogP) is 5.23. The molecule has 1 aromatic carbocycles. The van der Waals surface area contributed by atoms with E-state index in [2.05, 4.69) is 21.8 Å². The van der Waals surface area contributed by atoms with Crippen LogP contribution in [0, 0.1) is 30.4 Å². The van der Waals surface area contributed by atoms with Crippen LogP contribution in [0.25, 0.3) is 16.5 Å². The van der Waals surface area contributed by atoms with Crippen molar-refractivity contribution >= 4 is 33.8 Å². The molecule has 6 nitrogen and oxygen atoms in total. The minimum absolute atomic E-state index is 0.0283. The largest absolute Gasteiger partial charge is 0.496 e. The van der Waals surface area contributed by atoms with Crippen LogP contribution in [0.5, 0.6) is 5.75 Å². The highest BCUT2D eigenvalue weighted by Crippen LogP contribution is 2.40. The summed E-state index contributed by atoms with van der Waals surface area (Å²) in [7, 11) is 5.29. The van der Waals surface area contributed by atoms with Crippen LogP contribution in [-0.2, 0) is 4.79 Å². The summed E-state index contributed by atoms with van der Waals surface area (Å²) >= 11 is 0. The number of carbonyl (C=O) groups excluding carboxylic acids is 1. The van der Waals surface area contributed by atoms with Crippen molar-refractivity contribution < 1.29 is 18.3 Å². The molecular formula is C26H26F2N4O2. The number of halogens is 2. The Bertz CT molecular complexity index is 1320. The van der Waals surface area contributed by atoms with Gasteiger partial charge in [-0.1, -0.05) is 12.8 Å². The van der Waals surface area contributed by atoms with Crippen molar-refractivity contribution in [3.8, 4) is 17.6 Å². The van der Waals surface area contributed by atoms with E-state index < -0.39 is 23.2 Å². The third-order valence-electron chi connectivity index (χ3n) is 5.11. The van der Waals surface area contributed by atoms with Crippen LogP contribution in [0.1, 0.15) is 31.4 Å². The standard InChI is InChI=1S/C26H26F2N4O2/c1-7-9-17(15-31(4)5)18-10-19-22(11-23(18)34-6)30-12-16(3)25(19)32(24(33)8-2)26-20(27)13-29-14-21(26)28/h10-15H,8H2,1-6H3/b17-15+. The van der Waals surface area contributed by atoms with Crippen LogP contribution in [0.3, 0.4) is 0 Å². The molecule has 8 heteroatoms. The van der Waals surface area contributed by atoms with Crippen LogP contribution < -0.4 is 9.64 Å². The number of benzene rings is 1. The van der Waals surface area contributed by atoms with Crippen LogP contribution >= 0.6 is 0 Å². The first-order chi connectivity index (χ1) is 16.2. The van der Waals surface area contributed by atoms with E-state index in [0.29, 0.717) is 39.0 Å². The average molecular weight is 465 g/mol. The molecule has 0 aliphatic carbocycles. The Hall–Kier alpha value is -3.99. The molecular weight excluding hydrogens is 438 g/mol. The van der Waals surface area contributed by atoms with Gasteiger partial charge in [0.05, 0.1) is 36.3 Å². The summed E-state index contributed by atoms with van der Waals surface area (Å²) < 4.78 is 35.2.